The third-order valence-electron chi connectivity index (χ3n) is 10.4. The number of allylic oxidation sites excluding steroid dienone is 1. The molecule has 0 heterocycles. The molecule has 0 spiro atoms. The van der Waals surface area contributed by atoms with E-state index in [-0.39, 0.29) is 16.9 Å². The van der Waals surface area contributed by atoms with Gasteiger partial charge < -0.3 is 15.3 Å². The maximum atomic E-state index is 11.6. The summed E-state index contributed by atoms with van der Waals surface area (Å²) in [6, 6.07) is 0. The van der Waals surface area contributed by atoms with Crippen molar-refractivity contribution < 1.29 is 15.3 Å². The Balaban J connectivity index is 1.55. The molecule has 3 fully saturated rings. The van der Waals surface area contributed by atoms with Crippen molar-refractivity contribution in [2.24, 2.45) is 40.4 Å². The Labute approximate surface area is 184 Å². The number of fused-ring (bicyclic) bond motifs is 5. The van der Waals surface area contributed by atoms with Gasteiger partial charge >= 0.3 is 0 Å². The summed E-state index contributed by atoms with van der Waals surface area (Å²) in [4.78, 5) is 0. The van der Waals surface area contributed by atoms with E-state index in [1.54, 1.807) is 0 Å². The number of hydrogen-bond donors (Lipinski definition) is 3. The van der Waals surface area contributed by atoms with Crippen molar-refractivity contribution in [1.29, 1.82) is 0 Å². The van der Waals surface area contributed by atoms with Crippen LogP contribution in [-0.2, 0) is 0 Å². The molecule has 3 saturated carbocycles. The normalized spacial score (nSPS) is 47.8. The molecule has 9 atom stereocenters. The summed E-state index contributed by atoms with van der Waals surface area (Å²) in [6.07, 6.45) is 11.8. The van der Waals surface area contributed by atoms with Gasteiger partial charge in [0.25, 0.3) is 0 Å². The van der Waals surface area contributed by atoms with Crippen LogP contribution in [0.1, 0.15) is 98.8 Å². The van der Waals surface area contributed by atoms with Crippen LogP contribution in [0.5, 0.6) is 0 Å². The minimum Gasteiger partial charge on any atom is -0.393 e. The Hall–Kier alpha value is -0.380. The first kappa shape index (κ1) is 22.8. The van der Waals surface area contributed by atoms with Crippen molar-refractivity contribution in [3.63, 3.8) is 0 Å². The molecule has 4 aliphatic carbocycles. The average Bonchev–Trinajstić information content (AvgIpc) is 3.00. The first-order chi connectivity index (χ1) is 14.0. The third-order valence-corrected chi connectivity index (χ3v) is 10.4. The molecule has 3 nitrogen and oxygen atoms in total. The molecule has 0 aromatic rings. The van der Waals surface area contributed by atoms with Gasteiger partial charge in [0, 0.05) is 11.8 Å². The number of aliphatic hydroxyl groups excluding tert-OH is 2. The van der Waals surface area contributed by atoms with E-state index in [1.807, 2.05) is 0 Å². The molecule has 172 valence electrons. The second-order valence-corrected chi connectivity index (χ2v) is 12.6. The quantitative estimate of drug-likeness (QED) is 0.519. The Morgan fingerprint density at radius 1 is 1.13 bits per heavy atom. The Kier molecular flexibility index (Phi) is 5.99. The molecule has 0 aromatic carbocycles. The summed E-state index contributed by atoms with van der Waals surface area (Å²) < 4.78 is 0. The number of aliphatic hydroxyl groups is 3. The lowest BCUT2D eigenvalue weighted by Crippen LogP contribution is -2.56. The molecule has 0 saturated heterocycles. The van der Waals surface area contributed by atoms with Crippen LogP contribution in [0.3, 0.4) is 0 Å². The Morgan fingerprint density at radius 3 is 2.57 bits per heavy atom. The summed E-state index contributed by atoms with van der Waals surface area (Å²) in [5.41, 5.74) is 0.790. The van der Waals surface area contributed by atoms with E-state index in [4.69, 9.17) is 0 Å². The molecule has 4 rings (SSSR count). The highest BCUT2D eigenvalue weighted by Crippen LogP contribution is 2.67. The predicted molar refractivity (Wildman–Crippen MR) is 122 cm³/mol. The molecule has 3 heteroatoms. The highest BCUT2D eigenvalue weighted by atomic mass is 16.3. The van der Waals surface area contributed by atoms with Gasteiger partial charge in [0.1, 0.15) is 0 Å². The second-order valence-electron chi connectivity index (χ2n) is 12.6. The van der Waals surface area contributed by atoms with Gasteiger partial charge in [-0.15, -0.1) is 0 Å². The van der Waals surface area contributed by atoms with Crippen molar-refractivity contribution in [2.45, 2.75) is 117 Å². The van der Waals surface area contributed by atoms with Crippen molar-refractivity contribution in [1.82, 2.24) is 0 Å². The largest absolute Gasteiger partial charge is 0.393 e. The van der Waals surface area contributed by atoms with Gasteiger partial charge in [-0.25, -0.2) is 0 Å². The van der Waals surface area contributed by atoms with Gasteiger partial charge in [-0.05, 0) is 86.9 Å². The maximum absolute atomic E-state index is 11.6. The van der Waals surface area contributed by atoms with Crippen LogP contribution in [0.2, 0.25) is 0 Å². The standard InChI is InChI=1S/C27H46O3/c1-17(2)7-6-13-26(4,30)23-11-10-21-20-9-8-18-15-19(28)16-24(29)27(18,5)22(20)12-14-25(21,23)3/h8,17,19-24,28-30H,6-7,9-16H2,1-5H3/t19-,20+,21+,22+,23+,24?,25+,26+,27+/m1/s1. The SMILES string of the molecule is CC(C)CCC[C@](C)(O)[C@H]1CC[C@H]2[C@@H]3CC=C4C[C@@H](O)CC(O)[C@]4(C)[C@H]3CC[C@@]21C. The number of hydrogen-bond acceptors (Lipinski definition) is 3. The molecule has 30 heavy (non-hydrogen) atoms. The van der Waals surface area contributed by atoms with Crippen molar-refractivity contribution in [2.75, 3.05) is 0 Å². The van der Waals surface area contributed by atoms with Gasteiger partial charge in [-0.2, -0.15) is 0 Å². The molecule has 0 aromatic heterocycles. The van der Waals surface area contributed by atoms with Gasteiger partial charge in [0.05, 0.1) is 17.8 Å². The summed E-state index contributed by atoms with van der Waals surface area (Å²) >= 11 is 0. The van der Waals surface area contributed by atoms with Crippen molar-refractivity contribution in [3.8, 4) is 0 Å². The highest BCUT2D eigenvalue weighted by molar-refractivity contribution is 5.27. The third kappa shape index (κ3) is 3.52. The van der Waals surface area contributed by atoms with Gasteiger partial charge in [0.2, 0.25) is 0 Å². The molecule has 0 amide bonds. The van der Waals surface area contributed by atoms with E-state index in [1.165, 1.54) is 24.8 Å². The molecule has 3 N–H and O–H groups in total. The fraction of sp³-hybridized carbons (Fsp3) is 0.926. The van der Waals surface area contributed by atoms with Gasteiger partial charge in [0.15, 0.2) is 0 Å². The summed E-state index contributed by atoms with van der Waals surface area (Å²) in [6.45, 7) is 11.4. The molecular weight excluding hydrogens is 372 g/mol. The zero-order valence-corrected chi connectivity index (χ0v) is 20.0. The zero-order valence-electron chi connectivity index (χ0n) is 20.0. The Morgan fingerprint density at radius 2 is 1.87 bits per heavy atom. The fourth-order valence-corrected chi connectivity index (χ4v) is 8.77. The minimum absolute atomic E-state index is 0.165. The highest BCUT2D eigenvalue weighted by Gasteiger charge is 2.62. The van der Waals surface area contributed by atoms with E-state index in [9.17, 15) is 15.3 Å². The van der Waals surface area contributed by atoms with Crippen LogP contribution in [-0.4, -0.2) is 33.1 Å². The van der Waals surface area contributed by atoms with E-state index >= 15 is 0 Å². The van der Waals surface area contributed by atoms with Crippen molar-refractivity contribution in [3.05, 3.63) is 11.6 Å². The van der Waals surface area contributed by atoms with Crippen LogP contribution < -0.4 is 0 Å². The smallest absolute Gasteiger partial charge is 0.0658 e. The maximum Gasteiger partial charge on any atom is 0.0658 e. The van der Waals surface area contributed by atoms with Crippen LogP contribution in [0.15, 0.2) is 11.6 Å². The van der Waals surface area contributed by atoms with Crippen LogP contribution in [0.4, 0.5) is 0 Å². The molecule has 4 aliphatic rings. The van der Waals surface area contributed by atoms with Crippen LogP contribution in [0.25, 0.3) is 0 Å². The van der Waals surface area contributed by atoms with E-state index < -0.39 is 11.7 Å². The lowest BCUT2D eigenvalue weighted by molar-refractivity contribution is -0.127. The second kappa shape index (κ2) is 7.89. The summed E-state index contributed by atoms with van der Waals surface area (Å²) in [5.74, 6) is 2.86. The monoisotopic (exact) mass is 418 g/mol. The van der Waals surface area contributed by atoms with Crippen LogP contribution in [0, 0.1) is 40.4 Å². The van der Waals surface area contributed by atoms with Gasteiger partial charge in [-0.1, -0.05) is 52.2 Å². The van der Waals surface area contributed by atoms with E-state index in [0.29, 0.717) is 36.0 Å². The molecular formula is C27H46O3. The lowest BCUT2D eigenvalue weighted by Gasteiger charge is -2.60. The summed E-state index contributed by atoms with van der Waals surface area (Å²) in [5, 5.41) is 32.8. The van der Waals surface area contributed by atoms with Crippen molar-refractivity contribution >= 4 is 0 Å². The molecule has 0 bridgehead atoms. The van der Waals surface area contributed by atoms with E-state index in [0.717, 1.165) is 38.5 Å². The fourth-order valence-electron chi connectivity index (χ4n) is 8.77. The molecule has 1 unspecified atom stereocenters. The topological polar surface area (TPSA) is 60.7 Å². The van der Waals surface area contributed by atoms with Crippen LogP contribution >= 0.6 is 0 Å². The molecule has 0 aliphatic heterocycles. The minimum atomic E-state index is -0.570. The number of rotatable bonds is 5. The zero-order chi connectivity index (χ0) is 21.9. The van der Waals surface area contributed by atoms with E-state index in [2.05, 4.69) is 40.7 Å². The average molecular weight is 419 g/mol. The Bertz CT molecular complexity index is 667. The first-order valence-corrected chi connectivity index (χ1v) is 12.8. The summed E-state index contributed by atoms with van der Waals surface area (Å²) in [7, 11) is 0. The van der Waals surface area contributed by atoms with Gasteiger partial charge in [-0.3, -0.25) is 0 Å². The molecule has 0 radical (unpaired) electrons. The first-order valence-electron chi connectivity index (χ1n) is 12.8. The predicted octanol–water partition coefficient (Wildman–Crippen LogP) is 5.47. The lowest BCUT2D eigenvalue weighted by atomic mass is 9.46.